The molecule has 1 rings (SSSR count). The van der Waals surface area contributed by atoms with Crippen LogP contribution in [0.2, 0.25) is 0 Å². The molecule has 0 bridgehead atoms. The Labute approximate surface area is 111 Å². The Morgan fingerprint density at radius 1 is 1.43 bits per heavy atom. The standard InChI is InChI=1S/C8H14N2.3BrH.Zn/c1-3-4-5-8-6-10(2)7-9-8;;;;/h6-7H,3-5H2,1-2H3;3*1H;/q;;;;+3/p-3. The first-order valence-electron chi connectivity index (χ1n) is 4.60. The maximum absolute atomic E-state index is 4.22. The fourth-order valence-electron chi connectivity index (χ4n) is 0.954. The summed E-state index contributed by atoms with van der Waals surface area (Å²) in [5.41, 5.74) is 1.21. The van der Waals surface area contributed by atoms with Crippen LogP contribution in [-0.2, 0) is 23.5 Å². The minimum atomic E-state index is -1.19. The first kappa shape index (κ1) is 15.3. The molecule has 14 heavy (non-hydrogen) atoms. The fourth-order valence-corrected chi connectivity index (χ4v) is 0.954. The average molecular weight is 443 g/mol. The molecule has 0 saturated carbocycles. The van der Waals surface area contributed by atoms with Crippen molar-refractivity contribution in [3.05, 3.63) is 18.2 Å². The van der Waals surface area contributed by atoms with E-state index in [0.29, 0.717) is 0 Å². The summed E-state index contributed by atoms with van der Waals surface area (Å²) < 4.78 is 1.99. The molecule has 6 heteroatoms. The van der Waals surface area contributed by atoms with Crippen LogP contribution in [0.15, 0.2) is 12.5 Å². The van der Waals surface area contributed by atoms with E-state index >= 15 is 0 Å². The second kappa shape index (κ2) is 9.50. The van der Waals surface area contributed by atoms with E-state index in [0.717, 1.165) is 6.42 Å². The summed E-state index contributed by atoms with van der Waals surface area (Å²) in [7, 11) is 0.815. The van der Waals surface area contributed by atoms with E-state index < -0.39 is 10.1 Å². The van der Waals surface area contributed by atoms with Gasteiger partial charge in [-0.15, -0.1) is 0 Å². The van der Waals surface area contributed by atoms with Crippen LogP contribution in [0.25, 0.3) is 0 Å². The van der Waals surface area contributed by atoms with Crippen LogP contribution in [0.4, 0.5) is 0 Å². The van der Waals surface area contributed by atoms with Gasteiger partial charge in [0.2, 0.25) is 0 Å². The van der Waals surface area contributed by atoms with E-state index in [1.54, 1.807) is 0 Å². The average Bonchev–Trinajstić information content (AvgIpc) is 2.47. The van der Waals surface area contributed by atoms with Gasteiger partial charge in [0.15, 0.2) is 0 Å². The molecule has 0 fully saturated rings. The zero-order chi connectivity index (χ0) is 11.0. The van der Waals surface area contributed by atoms with Crippen molar-refractivity contribution in [2.75, 3.05) is 0 Å². The number of rotatable bonds is 3. The Morgan fingerprint density at radius 3 is 2.36 bits per heavy atom. The first-order valence-corrected chi connectivity index (χ1v) is 25.4. The Bertz CT molecular complexity index is 237. The number of aromatic nitrogens is 2. The van der Waals surface area contributed by atoms with E-state index in [2.05, 4.69) is 59.0 Å². The van der Waals surface area contributed by atoms with E-state index in [4.69, 9.17) is 0 Å². The maximum atomic E-state index is 4.22. The zero-order valence-electron chi connectivity index (χ0n) is 8.51. The van der Waals surface area contributed by atoms with Crippen molar-refractivity contribution in [2.24, 2.45) is 7.05 Å². The van der Waals surface area contributed by atoms with Crippen molar-refractivity contribution in [3.8, 4) is 0 Å². The summed E-state index contributed by atoms with van der Waals surface area (Å²) in [5, 5.41) is 0. The van der Waals surface area contributed by atoms with Crippen LogP contribution in [-0.4, -0.2) is 9.55 Å². The molecule has 0 atom stereocenters. The van der Waals surface area contributed by atoms with Gasteiger partial charge in [0.25, 0.3) is 0 Å². The predicted octanol–water partition coefficient (Wildman–Crippen LogP) is 4.30. The van der Waals surface area contributed by atoms with Gasteiger partial charge < -0.3 is 4.57 Å². The van der Waals surface area contributed by atoms with Gasteiger partial charge in [-0.05, 0) is 12.8 Å². The van der Waals surface area contributed by atoms with E-state index in [1.165, 1.54) is 18.5 Å². The summed E-state index contributed by atoms with van der Waals surface area (Å²) >= 11 is 9.94. The molecule has 0 radical (unpaired) electrons. The quantitative estimate of drug-likeness (QED) is 0.638. The molecule has 0 spiro atoms. The molecule has 79 valence electrons. The number of imidazole rings is 1. The second-order valence-corrected chi connectivity index (χ2v) is 45.2. The molecule has 0 aliphatic carbocycles. The van der Waals surface area contributed by atoms with Gasteiger partial charge >= 0.3 is 50.9 Å². The minimum absolute atomic E-state index is 1.12. The molecule has 0 amide bonds. The Morgan fingerprint density at radius 2 is 2.00 bits per heavy atom. The van der Waals surface area contributed by atoms with Crippen LogP contribution < -0.4 is 0 Å². The van der Waals surface area contributed by atoms with Crippen LogP contribution in [0, 0.1) is 0 Å². The Hall–Kier alpha value is 1.27. The van der Waals surface area contributed by atoms with Crippen LogP contribution in [0.3, 0.4) is 0 Å². The molecule has 0 N–H and O–H groups in total. The number of unbranched alkanes of at least 4 members (excludes halogenated alkanes) is 1. The molecule has 0 unspecified atom stereocenters. The van der Waals surface area contributed by atoms with Crippen molar-refractivity contribution in [1.82, 2.24) is 9.55 Å². The van der Waals surface area contributed by atoms with Crippen LogP contribution in [0.1, 0.15) is 25.5 Å². The summed E-state index contributed by atoms with van der Waals surface area (Å²) in [4.78, 5) is 4.22. The van der Waals surface area contributed by atoms with Gasteiger partial charge in [-0.3, -0.25) is 0 Å². The molecular weight excluding hydrogens is 429 g/mol. The van der Waals surface area contributed by atoms with E-state index in [9.17, 15) is 0 Å². The Kier molecular flexibility index (Phi) is 10.4. The van der Waals surface area contributed by atoms with Gasteiger partial charge in [0, 0.05) is 13.2 Å². The molecule has 1 aromatic rings. The molecule has 2 nitrogen and oxygen atoms in total. The number of aryl methyl sites for hydroxylation is 2. The zero-order valence-corrected chi connectivity index (χ0v) is 16.2. The molecule has 0 aliphatic rings. The van der Waals surface area contributed by atoms with Gasteiger partial charge in [-0.2, -0.15) is 0 Å². The second-order valence-electron chi connectivity index (χ2n) is 2.94. The molecule has 1 aromatic heterocycles. The van der Waals surface area contributed by atoms with Gasteiger partial charge in [0.1, 0.15) is 0 Å². The first-order chi connectivity index (χ1) is 6.56. The van der Waals surface area contributed by atoms with Crippen molar-refractivity contribution in [3.63, 3.8) is 0 Å². The molecule has 0 saturated heterocycles. The van der Waals surface area contributed by atoms with Crippen molar-refractivity contribution in [1.29, 1.82) is 0 Å². The molecular formula is C8H14Br3N2Zn. The van der Waals surface area contributed by atoms with Crippen molar-refractivity contribution < 1.29 is 10.1 Å². The van der Waals surface area contributed by atoms with Crippen LogP contribution >= 0.6 is 40.9 Å². The number of hydrogen-bond acceptors (Lipinski definition) is 1. The fraction of sp³-hybridized carbons (Fsp3) is 0.625. The third-order valence-electron chi connectivity index (χ3n) is 1.54. The molecule has 1 heterocycles. The van der Waals surface area contributed by atoms with Crippen LogP contribution in [0.5, 0.6) is 0 Å². The third-order valence-corrected chi connectivity index (χ3v) is 1.54. The number of hydrogen-bond donors (Lipinski definition) is 0. The SMILES string of the molecule is CCCCc1cn(C)cn1.[Br][Zn]([Br])[Br]. The predicted molar refractivity (Wildman–Crippen MR) is 68.6 cm³/mol. The van der Waals surface area contributed by atoms with Crippen molar-refractivity contribution >= 4 is 40.9 Å². The third kappa shape index (κ3) is 9.81. The summed E-state index contributed by atoms with van der Waals surface area (Å²) in [5.74, 6) is 0. The van der Waals surface area contributed by atoms with E-state index in [1.807, 2.05) is 17.9 Å². The number of halogens is 3. The number of nitrogens with zero attached hydrogens (tertiary/aromatic N) is 2. The molecule has 0 aliphatic heterocycles. The monoisotopic (exact) mass is 439 g/mol. The summed E-state index contributed by atoms with van der Waals surface area (Å²) in [6, 6.07) is 0. The summed E-state index contributed by atoms with van der Waals surface area (Å²) in [6.07, 6.45) is 7.55. The normalized spacial score (nSPS) is 9.21. The topological polar surface area (TPSA) is 17.8 Å². The van der Waals surface area contributed by atoms with Gasteiger partial charge in [-0.1, -0.05) is 13.3 Å². The molecule has 0 aromatic carbocycles. The Balaban J connectivity index is 0.000000364. The summed E-state index contributed by atoms with van der Waals surface area (Å²) in [6.45, 7) is 2.20. The van der Waals surface area contributed by atoms with Crippen molar-refractivity contribution in [2.45, 2.75) is 26.2 Å². The van der Waals surface area contributed by atoms with Gasteiger partial charge in [0.05, 0.1) is 12.0 Å². The van der Waals surface area contributed by atoms with E-state index in [-0.39, 0.29) is 0 Å². The van der Waals surface area contributed by atoms with Gasteiger partial charge in [-0.25, -0.2) is 4.98 Å².